The number of hydrogen-bond acceptors (Lipinski definition) is 5. The zero-order valence-electron chi connectivity index (χ0n) is 15.1. The minimum absolute atomic E-state index is 0.0632. The molecule has 2 aromatic carbocycles. The van der Waals surface area contributed by atoms with Crippen molar-refractivity contribution in [1.82, 2.24) is 9.88 Å². The first kappa shape index (κ1) is 17.6. The number of fused-ring (bicyclic) bond motifs is 1. The summed E-state index contributed by atoms with van der Waals surface area (Å²) in [5.41, 5.74) is 1.69. The molecule has 0 saturated carbocycles. The third kappa shape index (κ3) is 4.14. The van der Waals surface area contributed by atoms with E-state index in [1.54, 1.807) is 7.11 Å². The van der Waals surface area contributed by atoms with Gasteiger partial charge in [-0.15, -0.1) is 0 Å². The molecule has 27 heavy (non-hydrogen) atoms. The molecule has 1 aliphatic rings. The number of thiazole rings is 1. The minimum Gasteiger partial charge on any atom is -0.497 e. The summed E-state index contributed by atoms with van der Waals surface area (Å²) >= 11 is 1.54. The van der Waals surface area contributed by atoms with Gasteiger partial charge < -0.3 is 19.7 Å². The van der Waals surface area contributed by atoms with E-state index in [9.17, 15) is 4.79 Å². The minimum atomic E-state index is -0.0632. The fraction of sp³-hybridized carbons (Fsp3) is 0.300. The van der Waals surface area contributed by atoms with Crippen LogP contribution >= 0.6 is 11.3 Å². The number of amides is 2. The first-order chi connectivity index (χ1) is 13.2. The van der Waals surface area contributed by atoms with E-state index in [1.165, 1.54) is 11.3 Å². The maximum Gasteiger partial charge on any atom is 0.321 e. The summed E-state index contributed by atoms with van der Waals surface area (Å²) in [6, 6.07) is 15.3. The van der Waals surface area contributed by atoms with E-state index in [0.29, 0.717) is 18.3 Å². The van der Waals surface area contributed by atoms with Crippen molar-refractivity contribution < 1.29 is 14.3 Å². The van der Waals surface area contributed by atoms with Crippen LogP contribution in [-0.4, -0.2) is 42.2 Å². The maximum atomic E-state index is 12.4. The van der Waals surface area contributed by atoms with Gasteiger partial charge in [0.15, 0.2) is 0 Å². The highest BCUT2D eigenvalue weighted by atomic mass is 32.1. The summed E-state index contributed by atoms with van der Waals surface area (Å²) in [7, 11) is 1.65. The zero-order chi connectivity index (χ0) is 18.6. The number of carbonyl (C=O) groups is 1. The van der Waals surface area contributed by atoms with Crippen molar-refractivity contribution >= 4 is 33.3 Å². The predicted octanol–water partition coefficient (Wildman–Crippen LogP) is 4.38. The number of hydrogen-bond donors (Lipinski definition) is 1. The van der Waals surface area contributed by atoms with Crippen LogP contribution in [0.4, 0.5) is 10.5 Å². The molecule has 0 aliphatic carbocycles. The quantitative estimate of drug-likeness (QED) is 0.726. The van der Waals surface area contributed by atoms with E-state index in [2.05, 4.69) is 10.3 Å². The molecule has 3 aromatic rings. The Kier molecular flexibility index (Phi) is 5.11. The van der Waals surface area contributed by atoms with E-state index < -0.39 is 0 Å². The van der Waals surface area contributed by atoms with Crippen molar-refractivity contribution in [2.24, 2.45) is 0 Å². The van der Waals surface area contributed by atoms with Crippen molar-refractivity contribution in [3.8, 4) is 10.9 Å². The maximum absolute atomic E-state index is 12.4. The molecule has 1 aromatic heterocycles. The smallest absolute Gasteiger partial charge is 0.321 e. The van der Waals surface area contributed by atoms with Crippen LogP contribution in [0, 0.1) is 0 Å². The molecular weight excluding hydrogens is 362 g/mol. The second kappa shape index (κ2) is 7.84. The number of ether oxygens (including phenoxy) is 2. The monoisotopic (exact) mass is 383 g/mol. The van der Waals surface area contributed by atoms with E-state index in [-0.39, 0.29) is 12.1 Å². The molecule has 1 fully saturated rings. The van der Waals surface area contributed by atoms with Gasteiger partial charge in [0.25, 0.3) is 5.19 Å². The van der Waals surface area contributed by atoms with Gasteiger partial charge in [-0.05, 0) is 24.3 Å². The Hall–Kier alpha value is -2.80. The molecule has 7 heteroatoms. The van der Waals surface area contributed by atoms with Gasteiger partial charge in [0.05, 0.1) is 17.3 Å². The molecule has 2 amide bonds. The zero-order valence-corrected chi connectivity index (χ0v) is 15.9. The Bertz CT molecular complexity index is 921. The van der Waals surface area contributed by atoms with Crippen LogP contribution in [0.5, 0.6) is 10.9 Å². The van der Waals surface area contributed by atoms with Gasteiger partial charge in [0.1, 0.15) is 11.9 Å². The molecule has 1 saturated heterocycles. The molecular formula is C20H21N3O3S. The Morgan fingerprint density at radius 1 is 1.19 bits per heavy atom. The van der Waals surface area contributed by atoms with Gasteiger partial charge in [-0.25, -0.2) is 9.78 Å². The van der Waals surface area contributed by atoms with Crippen molar-refractivity contribution in [3.63, 3.8) is 0 Å². The summed E-state index contributed by atoms with van der Waals surface area (Å²) in [4.78, 5) is 18.7. The number of methoxy groups -OCH3 is 1. The molecule has 0 atom stereocenters. The number of nitrogens with zero attached hydrogens (tertiary/aromatic N) is 2. The van der Waals surface area contributed by atoms with Crippen molar-refractivity contribution in [1.29, 1.82) is 0 Å². The summed E-state index contributed by atoms with van der Waals surface area (Å²) in [6.45, 7) is 1.34. The highest BCUT2D eigenvalue weighted by Gasteiger charge is 2.24. The van der Waals surface area contributed by atoms with Gasteiger partial charge in [0.2, 0.25) is 0 Å². The predicted molar refractivity (Wildman–Crippen MR) is 107 cm³/mol. The molecule has 6 nitrogen and oxygen atoms in total. The molecule has 1 aliphatic heterocycles. The second-order valence-corrected chi connectivity index (χ2v) is 7.41. The lowest BCUT2D eigenvalue weighted by molar-refractivity contribution is 0.115. The van der Waals surface area contributed by atoms with Crippen LogP contribution in [0.2, 0.25) is 0 Å². The van der Waals surface area contributed by atoms with Gasteiger partial charge in [-0.2, -0.15) is 0 Å². The number of carbonyl (C=O) groups excluding carboxylic acids is 1. The van der Waals surface area contributed by atoms with Gasteiger partial charge in [-0.1, -0.05) is 29.5 Å². The summed E-state index contributed by atoms with van der Waals surface area (Å²) in [5, 5.41) is 3.60. The number of para-hydroxylation sites is 1. The molecule has 0 bridgehead atoms. The van der Waals surface area contributed by atoms with Crippen LogP contribution in [-0.2, 0) is 0 Å². The number of urea groups is 1. The van der Waals surface area contributed by atoms with Crippen molar-refractivity contribution in [2.45, 2.75) is 18.9 Å². The summed E-state index contributed by atoms with van der Waals surface area (Å²) in [6.07, 6.45) is 1.66. The lowest BCUT2D eigenvalue weighted by atomic mass is 10.1. The number of piperidine rings is 1. The molecule has 2 heterocycles. The van der Waals surface area contributed by atoms with Crippen LogP contribution in [0.25, 0.3) is 10.2 Å². The molecule has 140 valence electrons. The fourth-order valence-corrected chi connectivity index (χ4v) is 3.97. The first-order valence-electron chi connectivity index (χ1n) is 8.93. The Labute approximate surface area is 161 Å². The highest BCUT2D eigenvalue weighted by molar-refractivity contribution is 7.20. The first-order valence-corrected chi connectivity index (χ1v) is 9.75. The van der Waals surface area contributed by atoms with Crippen molar-refractivity contribution in [3.05, 3.63) is 48.5 Å². The van der Waals surface area contributed by atoms with Crippen LogP contribution in [0.1, 0.15) is 12.8 Å². The molecule has 0 radical (unpaired) electrons. The number of benzene rings is 2. The Balaban J connectivity index is 1.32. The SMILES string of the molecule is COc1ccc2sc(OC3CCN(C(=O)Nc4ccccc4)CC3)nc2c1. The van der Waals surface area contributed by atoms with E-state index in [0.717, 1.165) is 34.5 Å². The normalized spacial score (nSPS) is 14.9. The lowest BCUT2D eigenvalue weighted by Crippen LogP contribution is -2.43. The van der Waals surface area contributed by atoms with Gasteiger partial charge >= 0.3 is 6.03 Å². The number of nitrogens with one attached hydrogen (secondary N) is 1. The third-order valence-electron chi connectivity index (χ3n) is 4.60. The van der Waals surface area contributed by atoms with Gasteiger partial charge in [0, 0.05) is 37.7 Å². The van der Waals surface area contributed by atoms with E-state index in [1.807, 2.05) is 53.4 Å². The third-order valence-corrected chi connectivity index (χ3v) is 5.52. The van der Waals surface area contributed by atoms with E-state index >= 15 is 0 Å². The number of likely N-dealkylation sites (tertiary alicyclic amines) is 1. The second-order valence-electron chi connectivity index (χ2n) is 6.41. The Morgan fingerprint density at radius 2 is 1.96 bits per heavy atom. The molecule has 0 spiro atoms. The van der Waals surface area contributed by atoms with Gasteiger partial charge in [-0.3, -0.25) is 0 Å². The van der Waals surface area contributed by atoms with Crippen LogP contribution < -0.4 is 14.8 Å². The standard InChI is InChI=1S/C20H21N3O3S/c1-25-16-7-8-18-17(13-16)22-20(27-18)26-15-9-11-23(12-10-15)19(24)21-14-5-3-2-4-6-14/h2-8,13,15H,9-12H2,1H3,(H,21,24). The highest BCUT2D eigenvalue weighted by Crippen LogP contribution is 2.32. The summed E-state index contributed by atoms with van der Waals surface area (Å²) in [5.74, 6) is 0.789. The number of rotatable bonds is 4. The average Bonchev–Trinajstić information content (AvgIpc) is 3.10. The molecule has 4 rings (SSSR count). The topological polar surface area (TPSA) is 63.7 Å². The molecule has 0 unspecified atom stereocenters. The summed E-state index contributed by atoms with van der Waals surface area (Å²) < 4.78 is 12.4. The largest absolute Gasteiger partial charge is 0.497 e. The van der Waals surface area contributed by atoms with Crippen LogP contribution in [0.15, 0.2) is 48.5 Å². The number of anilines is 1. The van der Waals surface area contributed by atoms with E-state index in [4.69, 9.17) is 9.47 Å². The average molecular weight is 383 g/mol. The fourth-order valence-electron chi connectivity index (χ4n) is 3.11. The van der Waals surface area contributed by atoms with Crippen molar-refractivity contribution in [2.75, 3.05) is 25.5 Å². The Morgan fingerprint density at radius 3 is 2.70 bits per heavy atom. The number of aromatic nitrogens is 1. The lowest BCUT2D eigenvalue weighted by Gasteiger charge is -2.31. The molecule has 1 N–H and O–H groups in total. The van der Waals surface area contributed by atoms with Crippen LogP contribution in [0.3, 0.4) is 0 Å².